The molecule has 0 aliphatic carbocycles. The first-order valence-corrected chi connectivity index (χ1v) is 9.61. The maximum atomic E-state index is 10.6. The Morgan fingerprint density at radius 2 is 1.62 bits per heavy atom. The molecular formula is C16H17N2NaO3S2. The molecule has 0 bridgehead atoms. The van der Waals surface area contributed by atoms with Crippen molar-refractivity contribution in [3.05, 3.63) is 60.7 Å². The standard InChI is InChI=1S/C16H18N2O3S2.Na/c19-23(20,21)13-7-12-22-16(17-14-8-3-1-4-9-14)18-15-10-5-2-6-11-15;/h1-6,8-11H,7,12-13H2,(H,17,18)(H,19,20,21);/q;+1/p-1. The number of aliphatic imine (C=N–C) groups is 1. The molecule has 0 fully saturated rings. The van der Waals surface area contributed by atoms with E-state index in [0.717, 1.165) is 11.4 Å². The Hall–Kier alpha value is -0.830. The maximum Gasteiger partial charge on any atom is 1.00 e. The van der Waals surface area contributed by atoms with Gasteiger partial charge in [-0.05, 0) is 30.7 Å². The van der Waals surface area contributed by atoms with Crippen LogP contribution in [-0.2, 0) is 10.1 Å². The molecule has 2 aromatic carbocycles. The summed E-state index contributed by atoms with van der Waals surface area (Å²) in [6.07, 6.45) is 0.292. The molecule has 0 radical (unpaired) electrons. The molecule has 1 N–H and O–H groups in total. The Labute approximate surface area is 169 Å². The summed E-state index contributed by atoms with van der Waals surface area (Å²) in [6.45, 7) is 0. The predicted molar refractivity (Wildman–Crippen MR) is 95.2 cm³/mol. The molecule has 0 saturated carbocycles. The van der Waals surface area contributed by atoms with Gasteiger partial charge >= 0.3 is 29.6 Å². The molecule has 0 heterocycles. The van der Waals surface area contributed by atoms with Gasteiger partial charge in [0.25, 0.3) is 0 Å². The van der Waals surface area contributed by atoms with Crippen molar-refractivity contribution in [2.45, 2.75) is 6.42 Å². The van der Waals surface area contributed by atoms with E-state index in [1.54, 1.807) is 0 Å². The molecule has 2 rings (SSSR count). The summed E-state index contributed by atoms with van der Waals surface area (Å²) in [5.41, 5.74) is 1.70. The number of nitrogens with one attached hydrogen (secondary N) is 1. The van der Waals surface area contributed by atoms with E-state index in [0.29, 0.717) is 17.3 Å². The van der Waals surface area contributed by atoms with E-state index in [1.807, 2.05) is 60.7 Å². The molecule has 0 aliphatic heterocycles. The Morgan fingerprint density at radius 3 is 2.21 bits per heavy atom. The van der Waals surface area contributed by atoms with Gasteiger partial charge in [-0.1, -0.05) is 48.2 Å². The first-order chi connectivity index (χ1) is 11.0. The average molecular weight is 372 g/mol. The molecule has 122 valence electrons. The van der Waals surface area contributed by atoms with E-state index in [-0.39, 0.29) is 35.3 Å². The monoisotopic (exact) mass is 372 g/mol. The molecular weight excluding hydrogens is 355 g/mol. The van der Waals surface area contributed by atoms with Gasteiger partial charge in [-0.15, -0.1) is 0 Å². The fourth-order valence-corrected chi connectivity index (χ4v) is 3.29. The van der Waals surface area contributed by atoms with Gasteiger partial charge in [0.1, 0.15) is 0 Å². The Balaban J connectivity index is 0.00000288. The number of hydrogen-bond acceptors (Lipinski definition) is 5. The third-order valence-electron chi connectivity index (χ3n) is 2.79. The van der Waals surface area contributed by atoms with Crippen LogP contribution in [0.2, 0.25) is 0 Å². The number of rotatable bonds is 6. The number of hydrogen-bond donors (Lipinski definition) is 1. The number of amidine groups is 1. The molecule has 0 aliphatic rings. The average Bonchev–Trinajstić information content (AvgIpc) is 2.52. The van der Waals surface area contributed by atoms with Gasteiger partial charge in [0, 0.05) is 17.2 Å². The van der Waals surface area contributed by atoms with Crippen molar-refractivity contribution in [3.8, 4) is 0 Å². The van der Waals surface area contributed by atoms with Crippen molar-refractivity contribution in [1.82, 2.24) is 0 Å². The van der Waals surface area contributed by atoms with Crippen LogP contribution in [0.3, 0.4) is 0 Å². The summed E-state index contributed by atoms with van der Waals surface area (Å²) in [4.78, 5) is 4.53. The van der Waals surface area contributed by atoms with Crippen molar-refractivity contribution >= 4 is 38.4 Å². The third-order valence-corrected chi connectivity index (χ3v) is 4.54. The molecule has 0 spiro atoms. The van der Waals surface area contributed by atoms with E-state index in [9.17, 15) is 13.0 Å². The predicted octanol–water partition coefficient (Wildman–Crippen LogP) is 0.459. The molecule has 2 aromatic rings. The van der Waals surface area contributed by atoms with Gasteiger partial charge in [-0.2, -0.15) is 0 Å². The largest absolute Gasteiger partial charge is 1.00 e. The zero-order chi connectivity index (χ0) is 16.5. The Kier molecular flexibility index (Phi) is 9.65. The van der Waals surface area contributed by atoms with Crippen LogP contribution < -0.4 is 34.9 Å². The molecule has 24 heavy (non-hydrogen) atoms. The second-order valence-electron chi connectivity index (χ2n) is 4.71. The summed E-state index contributed by atoms with van der Waals surface area (Å²) in [5.74, 6) is 0.136. The quantitative estimate of drug-likeness (QED) is 0.262. The molecule has 0 atom stereocenters. The van der Waals surface area contributed by atoms with Crippen LogP contribution in [0.1, 0.15) is 6.42 Å². The summed E-state index contributed by atoms with van der Waals surface area (Å²) in [6, 6.07) is 19.1. The van der Waals surface area contributed by atoms with Crippen LogP contribution in [0.25, 0.3) is 0 Å². The minimum atomic E-state index is -4.16. The fourth-order valence-electron chi connectivity index (χ4n) is 1.77. The van der Waals surface area contributed by atoms with Crippen molar-refractivity contribution in [2.24, 2.45) is 4.99 Å². The third kappa shape index (κ3) is 8.86. The number of anilines is 1. The Bertz CT molecular complexity index is 738. The van der Waals surface area contributed by atoms with E-state index in [2.05, 4.69) is 10.3 Å². The van der Waals surface area contributed by atoms with Crippen LogP contribution in [0, 0.1) is 0 Å². The Morgan fingerprint density at radius 1 is 1.04 bits per heavy atom. The summed E-state index contributed by atoms with van der Waals surface area (Å²) < 4.78 is 31.9. The molecule has 0 amide bonds. The summed E-state index contributed by atoms with van der Waals surface area (Å²) >= 11 is 1.39. The molecule has 0 unspecified atom stereocenters. The maximum absolute atomic E-state index is 10.6. The molecule has 0 aromatic heterocycles. The number of para-hydroxylation sites is 2. The normalized spacial score (nSPS) is 11.6. The van der Waals surface area contributed by atoms with Gasteiger partial charge in [-0.3, -0.25) is 0 Å². The van der Waals surface area contributed by atoms with Gasteiger partial charge in [0.15, 0.2) is 5.17 Å². The zero-order valence-electron chi connectivity index (χ0n) is 13.4. The van der Waals surface area contributed by atoms with E-state index >= 15 is 0 Å². The molecule has 5 nitrogen and oxygen atoms in total. The molecule has 8 heteroatoms. The minimum absolute atomic E-state index is 0. The van der Waals surface area contributed by atoms with E-state index in [4.69, 9.17) is 0 Å². The zero-order valence-corrected chi connectivity index (χ0v) is 17.0. The van der Waals surface area contributed by atoms with Crippen molar-refractivity contribution in [2.75, 3.05) is 16.8 Å². The molecule has 0 saturated heterocycles. The van der Waals surface area contributed by atoms with Crippen LogP contribution in [-0.4, -0.2) is 29.6 Å². The first-order valence-electron chi connectivity index (χ1n) is 7.05. The number of nitrogens with zero attached hydrogens (tertiary/aromatic N) is 1. The smallest absolute Gasteiger partial charge is 0.748 e. The summed E-state index contributed by atoms with van der Waals surface area (Å²) in [5, 5.41) is 3.87. The number of benzene rings is 2. The van der Waals surface area contributed by atoms with Crippen LogP contribution in [0.5, 0.6) is 0 Å². The van der Waals surface area contributed by atoms with E-state index in [1.165, 1.54) is 11.8 Å². The first kappa shape index (κ1) is 21.2. The fraction of sp³-hybridized carbons (Fsp3) is 0.188. The van der Waals surface area contributed by atoms with Gasteiger partial charge in [0.05, 0.1) is 15.8 Å². The van der Waals surface area contributed by atoms with Crippen LogP contribution >= 0.6 is 11.8 Å². The van der Waals surface area contributed by atoms with Gasteiger partial charge in [0.2, 0.25) is 0 Å². The van der Waals surface area contributed by atoms with Crippen molar-refractivity contribution < 1.29 is 42.5 Å². The second kappa shape index (κ2) is 10.9. The number of thioether (sulfide) groups is 1. The summed E-state index contributed by atoms with van der Waals surface area (Å²) in [7, 11) is -4.16. The SMILES string of the molecule is O=S(=O)([O-])CCCSC(=Nc1ccccc1)Nc1ccccc1.[Na+]. The van der Waals surface area contributed by atoms with Crippen LogP contribution in [0.15, 0.2) is 65.7 Å². The minimum Gasteiger partial charge on any atom is -0.748 e. The van der Waals surface area contributed by atoms with Crippen LogP contribution in [0.4, 0.5) is 11.4 Å². The van der Waals surface area contributed by atoms with Crippen molar-refractivity contribution in [3.63, 3.8) is 0 Å². The van der Waals surface area contributed by atoms with Gasteiger partial charge < -0.3 is 9.87 Å². The topological polar surface area (TPSA) is 81.6 Å². The van der Waals surface area contributed by atoms with Crippen molar-refractivity contribution in [1.29, 1.82) is 0 Å². The second-order valence-corrected chi connectivity index (χ2v) is 7.31. The van der Waals surface area contributed by atoms with Gasteiger partial charge in [-0.25, -0.2) is 13.4 Å². The van der Waals surface area contributed by atoms with E-state index < -0.39 is 10.1 Å².